The maximum absolute atomic E-state index is 13.7. The summed E-state index contributed by atoms with van der Waals surface area (Å²) in [4.78, 5) is 35.9. The molecule has 0 spiro atoms. The number of phenols is 1. The van der Waals surface area contributed by atoms with Crippen LogP contribution in [-0.2, 0) is 16.0 Å². The van der Waals surface area contributed by atoms with E-state index in [1.807, 2.05) is 24.4 Å². The molecule has 4 atom stereocenters. The summed E-state index contributed by atoms with van der Waals surface area (Å²) >= 11 is 0. The van der Waals surface area contributed by atoms with E-state index < -0.39 is 0 Å². The number of rotatable bonds is 9. The fraction of sp³-hybridized carbons (Fsp3) is 0.594. The van der Waals surface area contributed by atoms with Gasteiger partial charge in [0.05, 0.1) is 12.2 Å². The summed E-state index contributed by atoms with van der Waals surface area (Å²) in [5.74, 6) is 2.60. The van der Waals surface area contributed by atoms with Crippen LogP contribution >= 0.6 is 0 Å². The zero-order chi connectivity index (χ0) is 27.6. The predicted octanol–water partition coefficient (Wildman–Crippen LogP) is 4.86. The van der Waals surface area contributed by atoms with Crippen LogP contribution in [0.5, 0.6) is 5.75 Å². The molecule has 7 nitrogen and oxygen atoms in total. The Labute approximate surface area is 233 Å². The highest BCUT2D eigenvalue weighted by atomic mass is 16.3. The normalized spacial score (nSPS) is 27.4. The molecule has 4 unspecified atom stereocenters. The van der Waals surface area contributed by atoms with E-state index in [2.05, 4.69) is 46.9 Å². The van der Waals surface area contributed by atoms with Gasteiger partial charge < -0.3 is 15.3 Å². The third-order valence-electron chi connectivity index (χ3n) is 9.76. The van der Waals surface area contributed by atoms with Crippen molar-refractivity contribution in [1.82, 2.24) is 9.88 Å². The van der Waals surface area contributed by atoms with Gasteiger partial charge in [-0.1, -0.05) is 13.0 Å². The van der Waals surface area contributed by atoms with Gasteiger partial charge >= 0.3 is 0 Å². The van der Waals surface area contributed by atoms with Gasteiger partial charge in [-0.3, -0.25) is 14.5 Å². The summed E-state index contributed by atoms with van der Waals surface area (Å²) in [5.41, 5.74) is 3.16. The molecule has 0 radical (unpaired) electrons. The number of hydrogen-bond acceptors (Lipinski definition) is 7. The number of carbonyl (C=O) groups is 2. The lowest BCUT2D eigenvalue weighted by molar-refractivity contribution is -0.135. The van der Waals surface area contributed by atoms with Crippen molar-refractivity contribution in [2.45, 2.75) is 59.3 Å². The Morgan fingerprint density at radius 1 is 1.18 bits per heavy atom. The first-order chi connectivity index (χ1) is 18.8. The molecule has 3 fully saturated rings. The second-order valence-corrected chi connectivity index (χ2v) is 12.2. The number of pyridine rings is 1. The highest BCUT2D eigenvalue weighted by Crippen LogP contribution is 2.57. The van der Waals surface area contributed by atoms with Gasteiger partial charge in [-0.15, -0.1) is 0 Å². The smallest absolute Gasteiger partial charge is 0.152 e. The fourth-order valence-electron chi connectivity index (χ4n) is 7.75. The number of Topliss-reactive ketones (excluding diaryl/α,β-unsaturated/α-hetero) is 2. The van der Waals surface area contributed by atoms with E-state index in [9.17, 15) is 14.7 Å². The molecule has 210 valence electrons. The Morgan fingerprint density at radius 3 is 2.74 bits per heavy atom. The number of fused-ring (bicyclic) bond motifs is 1. The number of hydrogen-bond donors (Lipinski definition) is 2. The first kappa shape index (κ1) is 27.6. The molecule has 1 aliphatic heterocycles. The van der Waals surface area contributed by atoms with Crippen LogP contribution in [0.2, 0.25) is 0 Å². The molecule has 2 aromatic rings. The molecule has 2 N–H and O–H groups in total. The number of carbonyl (C=O) groups excluding carboxylic acids is 2. The molecule has 2 saturated carbocycles. The van der Waals surface area contributed by atoms with Crippen LogP contribution in [0.25, 0.3) is 0 Å². The molecule has 1 aromatic carbocycles. The largest absolute Gasteiger partial charge is 0.508 e. The lowest BCUT2D eigenvalue weighted by atomic mass is 9.59. The number of nitrogens with zero attached hydrogens (tertiary/aromatic N) is 3. The maximum atomic E-state index is 13.7. The van der Waals surface area contributed by atoms with E-state index >= 15 is 0 Å². The minimum Gasteiger partial charge on any atom is -0.508 e. The van der Waals surface area contributed by atoms with Gasteiger partial charge in [-0.05, 0) is 92.2 Å². The molecule has 1 aromatic heterocycles. The number of nitrogens with one attached hydrogen (secondary N) is 1. The number of benzene rings is 1. The Balaban J connectivity index is 1.19. The summed E-state index contributed by atoms with van der Waals surface area (Å²) in [5, 5.41) is 13.3. The molecule has 1 saturated heterocycles. The van der Waals surface area contributed by atoms with Crippen molar-refractivity contribution in [3.63, 3.8) is 0 Å². The van der Waals surface area contributed by atoms with E-state index in [-0.39, 0.29) is 11.3 Å². The van der Waals surface area contributed by atoms with E-state index in [0.717, 1.165) is 75.5 Å². The number of aromatic nitrogens is 1. The van der Waals surface area contributed by atoms with Crippen LogP contribution in [0.4, 0.5) is 11.5 Å². The topological polar surface area (TPSA) is 85.8 Å². The zero-order valence-electron chi connectivity index (χ0n) is 23.8. The summed E-state index contributed by atoms with van der Waals surface area (Å²) in [6.45, 7) is 11.1. The Hall–Kier alpha value is -2.93. The highest BCUT2D eigenvalue weighted by molar-refractivity contribution is 5.87. The standard InChI is InChI=1S/C32H44N4O3/c1-4-33-29-6-5-13-34-31(29)36-16-14-35(15-17-36)21-30(39)28-12-11-27-24(19-26(38)20-32(27,28)3)9-8-23-18-25(37)10-7-22(23)2/h5-7,10,13,18,24,27-28,33,37H,4,8-9,11-12,14-17,19-21H2,1-3H3. The van der Waals surface area contributed by atoms with Crippen molar-refractivity contribution in [1.29, 1.82) is 0 Å². The molecular weight excluding hydrogens is 488 g/mol. The number of anilines is 2. The molecule has 5 rings (SSSR count). The number of phenolic OH excluding ortho intramolecular Hbond substituents is 1. The third kappa shape index (κ3) is 5.84. The van der Waals surface area contributed by atoms with Crippen molar-refractivity contribution < 1.29 is 14.7 Å². The Bertz CT molecular complexity index is 1190. The predicted molar refractivity (Wildman–Crippen MR) is 155 cm³/mol. The van der Waals surface area contributed by atoms with Crippen molar-refractivity contribution in [3.8, 4) is 5.75 Å². The molecule has 0 amide bonds. The van der Waals surface area contributed by atoms with Crippen LogP contribution in [-0.4, -0.2) is 65.8 Å². The van der Waals surface area contributed by atoms with Crippen molar-refractivity contribution >= 4 is 23.1 Å². The molecule has 39 heavy (non-hydrogen) atoms. The minimum atomic E-state index is -0.235. The minimum absolute atomic E-state index is 0.0362. The Kier molecular flexibility index (Phi) is 8.27. The summed E-state index contributed by atoms with van der Waals surface area (Å²) < 4.78 is 0. The van der Waals surface area contributed by atoms with Gasteiger partial charge in [0.1, 0.15) is 17.3 Å². The second kappa shape index (κ2) is 11.7. The van der Waals surface area contributed by atoms with Gasteiger partial charge in [0.15, 0.2) is 5.82 Å². The lowest BCUT2D eigenvalue weighted by Crippen LogP contribution is -2.50. The number of aromatic hydroxyl groups is 1. The van der Waals surface area contributed by atoms with E-state index in [1.54, 1.807) is 6.07 Å². The van der Waals surface area contributed by atoms with E-state index in [1.165, 1.54) is 5.56 Å². The van der Waals surface area contributed by atoms with Gasteiger partial charge in [0, 0.05) is 57.7 Å². The van der Waals surface area contributed by atoms with Gasteiger partial charge in [0.25, 0.3) is 0 Å². The van der Waals surface area contributed by atoms with E-state index in [0.29, 0.717) is 48.5 Å². The molecule has 7 heteroatoms. The third-order valence-corrected chi connectivity index (χ3v) is 9.76. The number of piperazine rings is 1. The number of ketones is 2. The lowest BCUT2D eigenvalue weighted by Gasteiger charge is -2.44. The molecule has 2 heterocycles. The zero-order valence-corrected chi connectivity index (χ0v) is 23.8. The maximum Gasteiger partial charge on any atom is 0.152 e. The first-order valence-electron chi connectivity index (χ1n) is 14.8. The summed E-state index contributed by atoms with van der Waals surface area (Å²) in [7, 11) is 0. The molecular formula is C32H44N4O3. The summed E-state index contributed by atoms with van der Waals surface area (Å²) in [6.07, 6.45) is 6.73. The second-order valence-electron chi connectivity index (χ2n) is 12.2. The van der Waals surface area contributed by atoms with Crippen LogP contribution in [0.1, 0.15) is 57.1 Å². The monoisotopic (exact) mass is 532 g/mol. The average Bonchev–Trinajstić information content (AvgIpc) is 3.26. The Morgan fingerprint density at radius 2 is 1.97 bits per heavy atom. The van der Waals surface area contributed by atoms with Crippen molar-refractivity contribution in [2.24, 2.45) is 23.2 Å². The quantitative estimate of drug-likeness (QED) is 0.477. The number of aryl methyl sites for hydroxylation is 2. The molecule has 2 aliphatic carbocycles. The van der Waals surface area contributed by atoms with Crippen LogP contribution < -0.4 is 10.2 Å². The molecule has 3 aliphatic rings. The van der Waals surface area contributed by atoms with Gasteiger partial charge in [-0.2, -0.15) is 0 Å². The van der Waals surface area contributed by atoms with Gasteiger partial charge in [0.2, 0.25) is 0 Å². The van der Waals surface area contributed by atoms with Gasteiger partial charge in [-0.25, -0.2) is 4.98 Å². The van der Waals surface area contributed by atoms with Crippen LogP contribution in [0, 0.1) is 30.1 Å². The molecule has 0 bridgehead atoms. The van der Waals surface area contributed by atoms with Crippen LogP contribution in [0.15, 0.2) is 36.5 Å². The van der Waals surface area contributed by atoms with Crippen molar-refractivity contribution in [3.05, 3.63) is 47.7 Å². The first-order valence-corrected chi connectivity index (χ1v) is 14.8. The summed E-state index contributed by atoms with van der Waals surface area (Å²) in [6, 6.07) is 9.58. The SMILES string of the molecule is CCNc1cccnc1N1CCN(CC(=O)C2CCC3C(CCc4cc(O)ccc4C)CC(=O)CC23C)CC1. The average molecular weight is 533 g/mol. The van der Waals surface area contributed by atoms with E-state index in [4.69, 9.17) is 0 Å². The highest BCUT2D eigenvalue weighted by Gasteiger charge is 2.55. The van der Waals surface area contributed by atoms with Crippen LogP contribution in [0.3, 0.4) is 0 Å². The van der Waals surface area contributed by atoms with Crippen molar-refractivity contribution in [2.75, 3.05) is 49.5 Å². The fourth-order valence-corrected chi connectivity index (χ4v) is 7.75.